The molecule has 1 aromatic carbocycles. The fourth-order valence-electron chi connectivity index (χ4n) is 1.98. The zero-order valence-electron chi connectivity index (χ0n) is 9.44. The molecule has 0 radical (unpaired) electrons. The van der Waals surface area contributed by atoms with E-state index in [1.807, 2.05) is 6.92 Å². The number of halogens is 1. The van der Waals surface area contributed by atoms with Crippen molar-refractivity contribution < 1.29 is 19.0 Å². The number of aromatic carboxylic acids is 1. The number of ether oxygens (including phenoxy) is 1. The summed E-state index contributed by atoms with van der Waals surface area (Å²) in [7, 11) is 0. The lowest BCUT2D eigenvalue weighted by Gasteiger charge is -2.18. The van der Waals surface area contributed by atoms with Crippen molar-refractivity contribution in [2.45, 2.75) is 25.5 Å². The number of benzene rings is 1. The standard InChI is InChI=1S/C12H14FNO3/c1-7-9(5-6-17-7)14-10-4-2-3-8(13)11(10)12(15)16/h2-4,7,9,14H,5-6H2,1H3,(H,15,16). The van der Waals surface area contributed by atoms with Crippen molar-refractivity contribution in [1.29, 1.82) is 0 Å². The van der Waals surface area contributed by atoms with E-state index >= 15 is 0 Å². The van der Waals surface area contributed by atoms with Gasteiger partial charge in [0.2, 0.25) is 0 Å². The van der Waals surface area contributed by atoms with Crippen LogP contribution in [0.5, 0.6) is 0 Å². The molecule has 0 amide bonds. The summed E-state index contributed by atoms with van der Waals surface area (Å²) in [6.07, 6.45) is 0.788. The monoisotopic (exact) mass is 239 g/mol. The Balaban J connectivity index is 2.26. The van der Waals surface area contributed by atoms with Crippen LogP contribution in [0, 0.1) is 5.82 Å². The molecule has 1 saturated heterocycles. The first-order chi connectivity index (χ1) is 8.09. The number of carboxylic acids is 1. The molecule has 17 heavy (non-hydrogen) atoms. The van der Waals surface area contributed by atoms with E-state index in [4.69, 9.17) is 9.84 Å². The first-order valence-corrected chi connectivity index (χ1v) is 5.49. The summed E-state index contributed by atoms with van der Waals surface area (Å²) in [6.45, 7) is 2.54. The van der Waals surface area contributed by atoms with Gasteiger partial charge >= 0.3 is 5.97 Å². The van der Waals surface area contributed by atoms with Crippen molar-refractivity contribution >= 4 is 11.7 Å². The van der Waals surface area contributed by atoms with Crippen LogP contribution >= 0.6 is 0 Å². The van der Waals surface area contributed by atoms with Crippen molar-refractivity contribution in [1.82, 2.24) is 0 Å². The van der Waals surface area contributed by atoms with Gasteiger partial charge in [-0.3, -0.25) is 0 Å². The molecule has 1 aliphatic heterocycles. The van der Waals surface area contributed by atoms with E-state index in [1.54, 1.807) is 6.07 Å². The van der Waals surface area contributed by atoms with Gasteiger partial charge in [0.05, 0.1) is 17.8 Å². The van der Waals surface area contributed by atoms with Gasteiger partial charge in [0.1, 0.15) is 11.4 Å². The predicted octanol–water partition coefficient (Wildman–Crippen LogP) is 2.11. The second-order valence-corrected chi connectivity index (χ2v) is 4.08. The maximum absolute atomic E-state index is 13.4. The number of nitrogens with one attached hydrogen (secondary N) is 1. The Morgan fingerprint density at radius 2 is 2.35 bits per heavy atom. The van der Waals surface area contributed by atoms with Gasteiger partial charge in [-0.1, -0.05) is 6.07 Å². The Morgan fingerprint density at radius 3 is 2.94 bits per heavy atom. The Hall–Kier alpha value is -1.62. The van der Waals surface area contributed by atoms with Crippen molar-refractivity contribution in [3.63, 3.8) is 0 Å². The number of carboxylic acid groups (broad SMARTS) is 1. The van der Waals surface area contributed by atoms with Crippen molar-refractivity contribution in [3.05, 3.63) is 29.6 Å². The second kappa shape index (κ2) is 4.71. The molecule has 1 heterocycles. The average molecular weight is 239 g/mol. The van der Waals surface area contributed by atoms with Crippen molar-refractivity contribution in [3.8, 4) is 0 Å². The van der Waals surface area contributed by atoms with Gasteiger partial charge in [0, 0.05) is 6.61 Å². The van der Waals surface area contributed by atoms with Crippen LogP contribution in [0.1, 0.15) is 23.7 Å². The Kier molecular flexibility index (Phi) is 3.28. The molecule has 5 heteroatoms. The fourth-order valence-corrected chi connectivity index (χ4v) is 1.98. The number of rotatable bonds is 3. The summed E-state index contributed by atoms with van der Waals surface area (Å²) in [5.74, 6) is -1.99. The molecule has 2 unspecified atom stereocenters. The molecule has 2 N–H and O–H groups in total. The lowest BCUT2D eigenvalue weighted by molar-refractivity contribution is 0.0692. The topological polar surface area (TPSA) is 58.6 Å². The van der Waals surface area contributed by atoms with E-state index in [0.29, 0.717) is 12.3 Å². The smallest absolute Gasteiger partial charge is 0.340 e. The third kappa shape index (κ3) is 2.39. The van der Waals surface area contributed by atoms with Crippen molar-refractivity contribution in [2.24, 2.45) is 0 Å². The minimum absolute atomic E-state index is 0.0000813. The van der Waals surface area contributed by atoms with Gasteiger partial charge in [0.25, 0.3) is 0 Å². The van der Waals surface area contributed by atoms with Crippen LogP contribution in [0.4, 0.5) is 10.1 Å². The van der Waals surface area contributed by atoms with Crippen LogP contribution in [-0.2, 0) is 4.74 Å². The molecule has 92 valence electrons. The highest BCUT2D eigenvalue weighted by atomic mass is 19.1. The fraction of sp³-hybridized carbons (Fsp3) is 0.417. The van der Waals surface area contributed by atoms with E-state index in [2.05, 4.69) is 5.32 Å². The van der Waals surface area contributed by atoms with Gasteiger partial charge in [-0.25, -0.2) is 9.18 Å². The molecular weight excluding hydrogens is 225 g/mol. The summed E-state index contributed by atoms with van der Waals surface area (Å²) in [5.41, 5.74) is -0.00792. The SMILES string of the molecule is CC1OCCC1Nc1cccc(F)c1C(=O)O. The van der Waals surface area contributed by atoms with E-state index in [9.17, 15) is 9.18 Å². The summed E-state index contributed by atoms with van der Waals surface area (Å²) >= 11 is 0. The lowest BCUT2D eigenvalue weighted by atomic mass is 10.1. The van der Waals surface area contributed by atoms with Crippen LogP contribution in [0.25, 0.3) is 0 Å². The molecule has 0 aromatic heterocycles. The summed E-state index contributed by atoms with van der Waals surface area (Å²) in [5, 5.41) is 12.0. The molecular formula is C12H14FNO3. The lowest BCUT2D eigenvalue weighted by Crippen LogP contribution is -2.27. The zero-order valence-corrected chi connectivity index (χ0v) is 9.44. The molecule has 2 atom stereocenters. The van der Waals surface area contributed by atoms with Crippen LogP contribution in [0.2, 0.25) is 0 Å². The number of hydrogen-bond acceptors (Lipinski definition) is 3. The average Bonchev–Trinajstić information content (AvgIpc) is 2.64. The minimum Gasteiger partial charge on any atom is -0.478 e. The summed E-state index contributed by atoms with van der Waals surface area (Å²) in [4.78, 5) is 11.0. The van der Waals surface area contributed by atoms with E-state index in [1.165, 1.54) is 6.07 Å². The maximum Gasteiger partial charge on any atom is 0.340 e. The highest BCUT2D eigenvalue weighted by Gasteiger charge is 2.26. The third-order valence-electron chi connectivity index (χ3n) is 2.94. The number of carbonyl (C=O) groups is 1. The first-order valence-electron chi connectivity index (χ1n) is 5.49. The number of anilines is 1. The van der Waals surface area contributed by atoms with Gasteiger partial charge in [-0.15, -0.1) is 0 Å². The third-order valence-corrected chi connectivity index (χ3v) is 2.94. The molecule has 1 fully saturated rings. The largest absolute Gasteiger partial charge is 0.478 e. The quantitative estimate of drug-likeness (QED) is 0.848. The first kappa shape index (κ1) is 11.9. The molecule has 0 spiro atoms. The maximum atomic E-state index is 13.4. The minimum atomic E-state index is -1.27. The zero-order chi connectivity index (χ0) is 12.4. The van der Waals surface area contributed by atoms with Crippen LogP contribution < -0.4 is 5.32 Å². The Labute approximate surface area is 98.4 Å². The van der Waals surface area contributed by atoms with Crippen LogP contribution in [0.3, 0.4) is 0 Å². The van der Waals surface area contributed by atoms with Crippen LogP contribution in [-0.4, -0.2) is 29.8 Å². The molecule has 0 saturated carbocycles. The van der Waals surface area contributed by atoms with E-state index in [-0.39, 0.29) is 17.7 Å². The van der Waals surface area contributed by atoms with E-state index in [0.717, 1.165) is 12.5 Å². The molecule has 2 rings (SSSR count). The Bertz CT molecular complexity index is 436. The normalized spacial score (nSPS) is 23.6. The molecule has 4 nitrogen and oxygen atoms in total. The van der Waals surface area contributed by atoms with Crippen molar-refractivity contribution in [2.75, 3.05) is 11.9 Å². The van der Waals surface area contributed by atoms with Gasteiger partial charge < -0.3 is 15.2 Å². The van der Waals surface area contributed by atoms with Gasteiger partial charge in [-0.2, -0.15) is 0 Å². The predicted molar refractivity (Wildman–Crippen MR) is 60.8 cm³/mol. The van der Waals surface area contributed by atoms with Gasteiger partial charge in [-0.05, 0) is 25.5 Å². The molecule has 1 aromatic rings. The van der Waals surface area contributed by atoms with Crippen LogP contribution in [0.15, 0.2) is 18.2 Å². The summed E-state index contributed by atoms with van der Waals surface area (Å²) in [6, 6.07) is 4.22. The Morgan fingerprint density at radius 1 is 1.59 bits per heavy atom. The van der Waals surface area contributed by atoms with E-state index < -0.39 is 11.8 Å². The molecule has 0 bridgehead atoms. The molecule has 0 aliphatic carbocycles. The number of hydrogen-bond donors (Lipinski definition) is 2. The second-order valence-electron chi connectivity index (χ2n) is 4.08. The highest BCUT2D eigenvalue weighted by Crippen LogP contribution is 2.23. The molecule has 1 aliphatic rings. The summed E-state index contributed by atoms with van der Waals surface area (Å²) < 4.78 is 18.8. The highest BCUT2D eigenvalue weighted by molar-refractivity contribution is 5.94. The van der Waals surface area contributed by atoms with Gasteiger partial charge in [0.15, 0.2) is 0 Å².